The van der Waals surface area contributed by atoms with E-state index in [1.165, 1.54) is 0 Å². The average Bonchev–Trinajstić information content (AvgIpc) is 2.69. The summed E-state index contributed by atoms with van der Waals surface area (Å²) >= 11 is 0. The van der Waals surface area contributed by atoms with Crippen LogP contribution in [0, 0.1) is 0 Å². The van der Waals surface area contributed by atoms with Gasteiger partial charge in [-0.2, -0.15) is 0 Å². The van der Waals surface area contributed by atoms with Crippen LogP contribution in [0.3, 0.4) is 0 Å². The SMILES string of the molecule is CCNC(=NCc1ccc(C(=O)N(C)C)cc1)NCCCN1CCOCC1.I. The lowest BCUT2D eigenvalue weighted by Gasteiger charge is -2.26. The van der Waals surface area contributed by atoms with E-state index in [1.807, 2.05) is 24.3 Å². The van der Waals surface area contributed by atoms with E-state index in [-0.39, 0.29) is 29.9 Å². The Kier molecular flexibility index (Phi) is 12.1. The number of halogens is 1. The Morgan fingerprint density at radius 1 is 1.18 bits per heavy atom. The molecule has 1 aliphatic rings. The van der Waals surface area contributed by atoms with Crippen molar-refractivity contribution < 1.29 is 9.53 Å². The number of guanidine groups is 1. The van der Waals surface area contributed by atoms with Gasteiger partial charge in [-0.15, -0.1) is 24.0 Å². The molecule has 0 bridgehead atoms. The van der Waals surface area contributed by atoms with Crippen LogP contribution in [-0.4, -0.2) is 81.7 Å². The van der Waals surface area contributed by atoms with Gasteiger partial charge in [0, 0.05) is 45.8 Å². The summed E-state index contributed by atoms with van der Waals surface area (Å²) in [6.07, 6.45) is 1.08. The third-order valence-corrected chi connectivity index (χ3v) is 4.42. The number of aliphatic imine (C=N–C) groups is 1. The lowest BCUT2D eigenvalue weighted by molar-refractivity contribution is 0.0376. The molecule has 8 heteroatoms. The second-order valence-electron chi connectivity index (χ2n) is 6.83. The van der Waals surface area contributed by atoms with Gasteiger partial charge in [0.2, 0.25) is 0 Å². The number of morpholine rings is 1. The molecule has 2 rings (SSSR count). The van der Waals surface area contributed by atoms with Crippen LogP contribution in [0.5, 0.6) is 0 Å². The molecule has 0 spiro atoms. The summed E-state index contributed by atoms with van der Waals surface area (Å²) in [5, 5.41) is 6.68. The average molecular weight is 503 g/mol. The standard InChI is InChI=1S/C20H33N5O2.HI/c1-4-21-20(22-10-5-11-25-12-14-27-15-13-25)23-16-17-6-8-18(9-7-17)19(26)24(2)3;/h6-9H,4-5,10-16H2,1-3H3,(H2,21,22,23);1H. The van der Waals surface area contributed by atoms with E-state index in [1.54, 1.807) is 19.0 Å². The van der Waals surface area contributed by atoms with Crippen molar-refractivity contribution in [1.82, 2.24) is 20.4 Å². The molecule has 0 unspecified atom stereocenters. The zero-order chi connectivity index (χ0) is 19.5. The second-order valence-corrected chi connectivity index (χ2v) is 6.83. The molecule has 1 aliphatic heterocycles. The van der Waals surface area contributed by atoms with E-state index in [2.05, 4.69) is 27.4 Å². The summed E-state index contributed by atoms with van der Waals surface area (Å²) in [7, 11) is 3.52. The summed E-state index contributed by atoms with van der Waals surface area (Å²) < 4.78 is 5.37. The van der Waals surface area contributed by atoms with Crippen molar-refractivity contribution in [3.8, 4) is 0 Å². The molecular formula is C20H34IN5O2. The highest BCUT2D eigenvalue weighted by Gasteiger charge is 2.09. The van der Waals surface area contributed by atoms with Crippen molar-refractivity contribution in [1.29, 1.82) is 0 Å². The van der Waals surface area contributed by atoms with Crippen LogP contribution in [0.15, 0.2) is 29.3 Å². The number of nitrogens with zero attached hydrogens (tertiary/aromatic N) is 3. The van der Waals surface area contributed by atoms with E-state index < -0.39 is 0 Å². The number of rotatable bonds is 8. The minimum Gasteiger partial charge on any atom is -0.379 e. The third-order valence-electron chi connectivity index (χ3n) is 4.42. The Morgan fingerprint density at radius 3 is 2.46 bits per heavy atom. The van der Waals surface area contributed by atoms with Crippen molar-refractivity contribution in [3.05, 3.63) is 35.4 Å². The smallest absolute Gasteiger partial charge is 0.253 e. The first kappa shape index (κ1) is 24.6. The van der Waals surface area contributed by atoms with Crippen LogP contribution in [0.25, 0.3) is 0 Å². The number of hydrogen-bond donors (Lipinski definition) is 2. The lowest BCUT2D eigenvalue weighted by Crippen LogP contribution is -2.40. The number of carbonyl (C=O) groups is 1. The highest BCUT2D eigenvalue weighted by Crippen LogP contribution is 2.07. The van der Waals surface area contributed by atoms with Gasteiger partial charge in [0.15, 0.2) is 5.96 Å². The van der Waals surface area contributed by atoms with E-state index in [9.17, 15) is 4.79 Å². The third kappa shape index (κ3) is 8.74. The molecule has 28 heavy (non-hydrogen) atoms. The Morgan fingerprint density at radius 2 is 1.86 bits per heavy atom. The van der Waals surface area contributed by atoms with Crippen molar-refractivity contribution in [2.75, 3.05) is 60.0 Å². The van der Waals surface area contributed by atoms with Gasteiger partial charge in [0.25, 0.3) is 5.91 Å². The summed E-state index contributed by atoms with van der Waals surface area (Å²) in [4.78, 5) is 20.6. The van der Waals surface area contributed by atoms with Crippen LogP contribution in [0.4, 0.5) is 0 Å². The maximum absolute atomic E-state index is 11.9. The predicted octanol–water partition coefficient (Wildman–Crippen LogP) is 1.78. The van der Waals surface area contributed by atoms with Crippen molar-refractivity contribution in [3.63, 3.8) is 0 Å². The molecule has 0 aliphatic carbocycles. The van der Waals surface area contributed by atoms with Gasteiger partial charge >= 0.3 is 0 Å². The largest absolute Gasteiger partial charge is 0.379 e. The molecule has 158 valence electrons. The number of amides is 1. The number of ether oxygens (including phenoxy) is 1. The molecule has 7 nitrogen and oxygen atoms in total. The number of nitrogens with one attached hydrogen (secondary N) is 2. The summed E-state index contributed by atoms with van der Waals surface area (Å²) in [6.45, 7) is 9.18. The van der Waals surface area contributed by atoms with Gasteiger partial charge in [-0.1, -0.05) is 12.1 Å². The zero-order valence-corrected chi connectivity index (χ0v) is 19.6. The van der Waals surface area contributed by atoms with Gasteiger partial charge in [0.05, 0.1) is 19.8 Å². The second kappa shape index (κ2) is 13.7. The Labute approximate surface area is 185 Å². The molecule has 2 N–H and O–H groups in total. The summed E-state index contributed by atoms with van der Waals surface area (Å²) in [6, 6.07) is 7.64. The molecule has 1 heterocycles. The van der Waals surface area contributed by atoms with Crippen LogP contribution in [0.1, 0.15) is 29.3 Å². The predicted molar refractivity (Wildman–Crippen MR) is 125 cm³/mol. The molecule has 1 fully saturated rings. The molecule has 1 aromatic rings. The number of benzene rings is 1. The fraction of sp³-hybridized carbons (Fsp3) is 0.600. The van der Waals surface area contributed by atoms with Crippen molar-refractivity contribution in [2.24, 2.45) is 4.99 Å². The lowest BCUT2D eigenvalue weighted by atomic mass is 10.1. The van der Waals surface area contributed by atoms with E-state index in [0.717, 1.165) is 63.9 Å². The minimum atomic E-state index is 0. The molecular weight excluding hydrogens is 469 g/mol. The van der Waals surface area contributed by atoms with Crippen LogP contribution < -0.4 is 10.6 Å². The minimum absolute atomic E-state index is 0. The molecule has 0 aromatic heterocycles. The van der Waals surface area contributed by atoms with Crippen LogP contribution in [-0.2, 0) is 11.3 Å². The van der Waals surface area contributed by atoms with E-state index in [4.69, 9.17) is 4.74 Å². The van der Waals surface area contributed by atoms with Crippen LogP contribution >= 0.6 is 24.0 Å². The Hall–Kier alpha value is -1.39. The molecule has 1 amide bonds. The number of carbonyl (C=O) groups excluding carboxylic acids is 1. The molecule has 0 saturated carbocycles. The van der Waals surface area contributed by atoms with E-state index >= 15 is 0 Å². The van der Waals surface area contributed by atoms with Gasteiger partial charge in [-0.3, -0.25) is 9.69 Å². The van der Waals surface area contributed by atoms with Gasteiger partial charge in [-0.25, -0.2) is 4.99 Å². The molecule has 0 atom stereocenters. The first-order valence-corrected chi connectivity index (χ1v) is 9.73. The van der Waals surface area contributed by atoms with Crippen molar-refractivity contribution >= 4 is 35.8 Å². The summed E-state index contributed by atoms with van der Waals surface area (Å²) in [5.41, 5.74) is 1.77. The fourth-order valence-electron chi connectivity index (χ4n) is 2.86. The van der Waals surface area contributed by atoms with Gasteiger partial charge < -0.3 is 20.3 Å². The normalized spacial score (nSPS) is 14.9. The topological polar surface area (TPSA) is 69.2 Å². The first-order valence-electron chi connectivity index (χ1n) is 9.73. The molecule has 1 saturated heterocycles. The van der Waals surface area contributed by atoms with Gasteiger partial charge in [0.1, 0.15) is 0 Å². The molecule has 1 aromatic carbocycles. The van der Waals surface area contributed by atoms with Crippen LogP contribution in [0.2, 0.25) is 0 Å². The maximum Gasteiger partial charge on any atom is 0.253 e. The fourth-order valence-corrected chi connectivity index (χ4v) is 2.86. The highest BCUT2D eigenvalue weighted by molar-refractivity contribution is 14.0. The van der Waals surface area contributed by atoms with E-state index in [0.29, 0.717) is 12.1 Å². The zero-order valence-electron chi connectivity index (χ0n) is 17.2. The Bertz CT molecular complexity index is 601. The van der Waals surface area contributed by atoms with Gasteiger partial charge in [-0.05, 0) is 37.6 Å². The monoisotopic (exact) mass is 503 g/mol. The highest BCUT2D eigenvalue weighted by atomic mass is 127. The maximum atomic E-state index is 11.9. The molecule has 0 radical (unpaired) electrons. The quantitative estimate of drug-likeness (QED) is 0.245. The summed E-state index contributed by atoms with van der Waals surface area (Å²) in [5.74, 6) is 0.841. The first-order chi connectivity index (χ1) is 13.1. The number of hydrogen-bond acceptors (Lipinski definition) is 4. The Balaban J connectivity index is 0.00000392. The van der Waals surface area contributed by atoms with Crippen molar-refractivity contribution in [2.45, 2.75) is 19.9 Å².